The number of piperidine rings is 1. The van der Waals surface area contributed by atoms with Crippen LogP contribution in [0, 0.1) is 0 Å². The van der Waals surface area contributed by atoms with E-state index in [-0.39, 0.29) is 0 Å². The average molecular weight is 128 g/mol. The van der Waals surface area contributed by atoms with E-state index in [1.807, 2.05) is 7.05 Å². The van der Waals surface area contributed by atoms with Gasteiger partial charge in [-0.25, -0.2) is 0 Å². The van der Waals surface area contributed by atoms with Crippen LogP contribution in [0.4, 0.5) is 0 Å². The molecule has 54 valence electrons. The van der Waals surface area contributed by atoms with Crippen LogP contribution in [0.2, 0.25) is 0 Å². The zero-order chi connectivity index (χ0) is 6.69. The number of hydrogen-bond acceptors (Lipinski definition) is 2. The SMILES string of the molecule is CN[C@@H]1CCCN[C@@H]1C. The predicted octanol–water partition coefficient (Wildman–Crippen LogP) is 0.346. The fraction of sp³-hybridized carbons (Fsp3) is 1.00. The molecule has 0 unspecified atom stereocenters. The molecular weight excluding hydrogens is 112 g/mol. The Morgan fingerprint density at radius 2 is 2.33 bits per heavy atom. The third kappa shape index (κ3) is 1.66. The first-order valence-corrected chi connectivity index (χ1v) is 3.75. The first-order valence-electron chi connectivity index (χ1n) is 3.75. The van der Waals surface area contributed by atoms with Crippen molar-refractivity contribution in [2.75, 3.05) is 13.6 Å². The maximum Gasteiger partial charge on any atom is 0.0215 e. The molecule has 2 atom stereocenters. The van der Waals surface area contributed by atoms with Crippen molar-refractivity contribution in [1.82, 2.24) is 10.6 Å². The Kier molecular flexibility index (Phi) is 2.49. The lowest BCUT2D eigenvalue weighted by molar-refractivity contribution is 0.332. The van der Waals surface area contributed by atoms with E-state index < -0.39 is 0 Å². The van der Waals surface area contributed by atoms with Gasteiger partial charge in [-0.05, 0) is 33.4 Å². The van der Waals surface area contributed by atoms with Crippen molar-refractivity contribution in [2.24, 2.45) is 0 Å². The minimum absolute atomic E-state index is 0.656. The Labute approximate surface area is 57.0 Å². The van der Waals surface area contributed by atoms with Gasteiger partial charge in [-0.2, -0.15) is 0 Å². The van der Waals surface area contributed by atoms with E-state index >= 15 is 0 Å². The molecule has 0 radical (unpaired) electrons. The molecule has 2 N–H and O–H groups in total. The van der Waals surface area contributed by atoms with Gasteiger partial charge in [-0.1, -0.05) is 0 Å². The summed E-state index contributed by atoms with van der Waals surface area (Å²) in [5, 5.41) is 6.71. The molecule has 1 heterocycles. The number of hydrogen-bond donors (Lipinski definition) is 2. The van der Waals surface area contributed by atoms with E-state index in [1.54, 1.807) is 0 Å². The highest BCUT2D eigenvalue weighted by Gasteiger charge is 2.17. The molecular formula is C7H16N2. The Bertz CT molecular complexity index is 83.0. The van der Waals surface area contributed by atoms with Gasteiger partial charge in [0, 0.05) is 12.1 Å². The van der Waals surface area contributed by atoms with Crippen molar-refractivity contribution in [3.05, 3.63) is 0 Å². The van der Waals surface area contributed by atoms with Crippen LogP contribution in [0.3, 0.4) is 0 Å². The zero-order valence-electron chi connectivity index (χ0n) is 6.28. The summed E-state index contributed by atoms with van der Waals surface area (Å²) in [6.07, 6.45) is 2.64. The Morgan fingerprint density at radius 1 is 1.56 bits per heavy atom. The molecule has 9 heavy (non-hydrogen) atoms. The monoisotopic (exact) mass is 128 g/mol. The van der Waals surface area contributed by atoms with Crippen LogP contribution in [0.15, 0.2) is 0 Å². The molecule has 0 aromatic rings. The fourth-order valence-electron chi connectivity index (χ4n) is 1.44. The second kappa shape index (κ2) is 3.18. The van der Waals surface area contributed by atoms with Crippen molar-refractivity contribution < 1.29 is 0 Å². The Hall–Kier alpha value is -0.0800. The van der Waals surface area contributed by atoms with Gasteiger partial charge in [0.05, 0.1) is 0 Å². The summed E-state index contributed by atoms with van der Waals surface area (Å²) in [4.78, 5) is 0. The molecule has 0 spiro atoms. The zero-order valence-corrected chi connectivity index (χ0v) is 6.28. The topological polar surface area (TPSA) is 24.1 Å². The third-order valence-corrected chi connectivity index (χ3v) is 2.13. The third-order valence-electron chi connectivity index (χ3n) is 2.13. The van der Waals surface area contributed by atoms with Crippen molar-refractivity contribution in [2.45, 2.75) is 31.8 Å². The van der Waals surface area contributed by atoms with Crippen LogP contribution in [0.25, 0.3) is 0 Å². The molecule has 2 nitrogen and oxygen atoms in total. The highest BCUT2D eigenvalue weighted by Crippen LogP contribution is 2.06. The highest BCUT2D eigenvalue weighted by atomic mass is 15.0. The van der Waals surface area contributed by atoms with Gasteiger partial charge in [0.1, 0.15) is 0 Å². The van der Waals surface area contributed by atoms with Crippen LogP contribution >= 0.6 is 0 Å². The molecule has 1 aliphatic rings. The fourth-order valence-corrected chi connectivity index (χ4v) is 1.44. The van der Waals surface area contributed by atoms with Crippen LogP contribution in [0.5, 0.6) is 0 Å². The molecule has 0 amide bonds. The lowest BCUT2D eigenvalue weighted by atomic mass is 10.0. The summed E-state index contributed by atoms with van der Waals surface area (Å²) in [7, 11) is 2.04. The maximum absolute atomic E-state index is 3.42. The number of rotatable bonds is 1. The molecule has 0 saturated carbocycles. The van der Waals surface area contributed by atoms with Crippen LogP contribution in [-0.2, 0) is 0 Å². The standard InChI is InChI=1S/C7H16N2/c1-6-7(8-2)4-3-5-9-6/h6-9H,3-5H2,1-2H3/t6-,7-/m1/s1. The van der Waals surface area contributed by atoms with E-state index in [1.165, 1.54) is 19.4 Å². The molecule has 1 aliphatic heterocycles. The van der Waals surface area contributed by atoms with E-state index in [0.29, 0.717) is 12.1 Å². The number of likely N-dealkylation sites (N-methyl/N-ethyl adjacent to an activating group) is 1. The molecule has 1 saturated heterocycles. The van der Waals surface area contributed by atoms with Gasteiger partial charge in [0.15, 0.2) is 0 Å². The van der Waals surface area contributed by atoms with Crippen molar-refractivity contribution in [3.63, 3.8) is 0 Å². The summed E-state index contributed by atoms with van der Waals surface area (Å²) in [5.74, 6) is 0. The van der Waals surface area contributed by atoms with E-state index in [9.17, 15) is 0 Å². The van der Waals surface area contributed by atoms with Gasteiger partial charge < -0.3 is 10.6 Å². The average Bonchev–Trinajstić information content (AvgIpc) is 1.89. The van der Waals surface area contributed by atoms with Crippen molar-refractivity contribution >= 4 is 0 Å². The molecule has 0 aliphatic carbocycles. The maximum atomic E-state index is 3.42. The molecule has 2 heteroatoms. The van der Waals surface area contributed by atoms with E-state index in [0.717, 1.165) is 0 Å². The molecule has 1 fully saturated rings. The largest absolute Gasteiger partial charge is 0.315 e. The molecule has 0 aromatic carbocycles. The van der Waals surface area contributed by atoms with Crippen LogP contribution in [0.1, 0.15) is 19.8 Å². The summed E-state index contributed by atoms with van der Waals surface area (Å²) in [6.45, 7) is 3.43. The van der Waals surface area contributed by atoms with Gasteiger partial charge in [0.2, 0.25) is 0 Å². The second-order valence-electron chi connectivity index (χ2n) is 2.78. The smallest absolute Gasteiger partial charge is 0.0215 e. The van der Waals surface area contributed by atoms with Crippen molar-refractivity contribution in [3.8, 4) is 0 Å². The summed E-state index contributed by atoms with van der Waals surface area (Å²) >= 11 is 0. The molecule has 1 rings (SSSR count). The van der Waals surface area contributed by atoms with Gasteiger partial charge in [0.25, 0.3) is 0 Å². The van der Waals surface area contributed by atoms with Gasteiger partial charge in [-0.3, -0.25) is 0 Å². The first kappa shape index (κ1) is 7.03. The summed E-state index contributed by atoms with van der Waals surface area (Å²) < 4.78 is 0. The van der Waals surface area contributed by atoms with E-state index in [2.05, 4.69) is 17.6 Å². The minimum atomic E-state index is 0.656. The summed E-state index contributed by atoms with van der Waals surface area (Å²) in [6, 6.07) is 1.35. The quantitative estimate of drug-likeness (QED) is 0.532. The van der Waals surface area contributed by atoms with Gasteiger partial charge in [-0.15, -0.1) is 0 Å². The summed E-state index contributed by atoms with van der Waals surface area (Å²) in [5.41, 5.74) is 0. The lowest BCUT2D eigenvalue weighted by Gasteiger charge is -2.29. The van der Waals surface area contributed by atoms with Gasteiger partial charge >= 0.3 is 0 Å². The molecule has 0 bridgehead atoms. The lowest BCUT2D eigenvalue weighted by Crippen LogP contribution is -2.48. The second-order valence-corrected chi connectivity index (χ2v) is 2.78. The van der Waals surface area contributed by atoms with Crippen molar-refractivity contribution in [1.29, 1.82) is 0 Å². The highest BCUT2D eigenvalue weighted by molar-refractivity contribution is 4.81. The van der Waals surface area contributed by atoms with Crippen LogP contribution in [-0.4, -0.2) is 25.7 Å². The first-order chi connectivity index (χ1) is 4.34. The number of nitrogens with one attached hydrogen (secondary N) is 2. The Balaban J connectivity index is 2.30. The minimum Gasteiger partial charge on any atom is -0.315 e. The Morgan fingerprint density at radius 3 is 2.78 bits per heavy atom. The van der Waals surface area contributed by atoms with Crippen LogP contribution < -0.4 is 10.6 Å². The molecule has 0 aromatic heterocycles. The predicted molar refractivity (Wildman–Crippen MR) is 39.5 cm³/mol. The van der Waals surface area contributed by atoms with E-state index in [4.69, 9.17) is 0 Å². The normalized spacial score (nSPS) is 36.7.